The molecule has 0 aromatic rings. The van der Waals surface area contributed by atoms with Crippen LogP contribution >= 0.6 is 0 Å². The number of carbonyl (C=O) groups excluding carboxylic acids is 1. The second-order valence-corrected chi connectivity index (χ2v) is 6.62. The van der Waals surface area contributed by atoms with Crippen LogP contribution in [0.3, 0.4) is 0 Å². The number of rotatable bonds is 2. The van der Waals surface area contributed by atoms with Crippen molar-refractivity contribution in [3.8, 4) is 0 Å². The maximum Gasteiger partial charge on any atom is 0.326 e. The standard InChI is InChI=1S/C14H26N2O3/c1-9-7-6-8-10(2)16(9)13(19)15-11(12(17)18)14(3,4)5/h9-11H,6-8H2,1-5H3,(H,15,19)(H,17,18)/t9?,10?,11-/m1/s1. The first-order chi connectivity index (χ1) is 8.64. The Balaban J connectivity index is 2.79. The van der Waals surface area contributed by atoms with Crippen molar-refractivity contribution in [1.29, 1.82) is 0 Å². The molecule has 19 heavy (non-hydrogen) atoms. The average Bonchev–Trinajstić information content (AvgIpc) is 2.23. The van der Waals surface area contributed by atoms with Crippen LogP contribution in [0.4, 0.5) is 4.79 Å². The number of hydrogen-bond donors (Lipinski definition) is 2. The number of hydrogen-bond acceptors (Lipinski definition) is 2. The number of carboxylic acids is 1. The monoisotopic (exact) mass is 270 g/mol. The Morgan fingerprint density at radius 1 is 1.21 bits per heavy atom. The van der Waals surface area contributed by atoms with Crippen LogP contribution in [0.25, 0.3) is 0 Å². The molecule has 2 amide bonds. The molecule has 0 radical (unpaired) electrons. The molecule has 1 fully saturated rings. The van der Waals surface area contributed by atoms with Gasteiger partial charge in [0.15, 0.2) is 0 Å². The van der Waals surface area contributed by atoms with Gasteiger partial charge >= 0.3 is 12.0 Å². The van der Waals surface area contributed by atoms with Crippen molar-refractivity contribution in [3.63, 3.8) is 0 Å². The molecule has 3 atom stereocenters. The highest BCUT2D eigenvalue weighted by Crippen LogP contribution is 2.24. The Bertz CT molecular complexity index is 339. The molecule has 1 heterocycles. The second kappa shape index (κ2) is 5.80. The zero-order chi connectivity index (χ0) is 14.8. The Morgan fingerprint density at radius 3 is 2.05 bits per heavy atom. The highest BCUT2D eigenvalue weighted by Gasteiger charge is 2.36. The van der Waals surface area contributed by atoms with Gasteiger partial charge in [0.2, 0.25) is 0 Å². The second-order valence-electron chi connectivity index (χ2n) is 6.62. The van der Waals surface area contributed by atoms with Crippen molar-refractivity contribution in [1.82, 2.24) is 10.2 Å². The number of carbonyl (C=O) groups is 2. The number of aliphatic carboxylic acids is 1. The fourth-order valence-electron chi connectivity index (χ4n) is 2.67. The fraction of sp³-hybridized carbons (Fsp3) is 0.857. The topological polar surface area (TPSA) is 69.6 Å². The van der Waals surface area contributed by atoms with E-state index in [1.807, 2.05) is 34.6 Å². The van der Waals surface area contributed by atoms with E-state index in [0.29, 0.717) is 0 Å². The van der Waals surface area contributed by atoms with Crippen LogP contribution in [0, 0.1) is 5.41 Å². The zero-order valence-electron chi connectivity index (χ0n) is 12.6. The molecule has 5 heteroatoms. The van der Waals surface area contributed by atoms with E-state index in [4.69, 9.17) is 0 Å². The number of likely N-dealkylation sites (tertiary alicyclic amines) is 1. The molecule has 0 aromatic heterocycles. The zero-order valence-corrected chi connectivity index (χ0v) is 12.6. The van der Waals surface area contributed by atoms with Crippen LogP contribution in [0.2, 0.25) is 0 Å². The van der Waals surface area contributed by atoms with Crippen molar-refractivity contribution in [2.24, 2.45) is 5.41 Å². The fourth-order valence-corrected chi connectivity index (χ4v) is 2.67. The van der Waals surface area contributed by atoms with Crippen LogP contribution in [-0.4, -0.2) is 40.1 Å². The molecule has 0 bridgehead atoms. The lowest BCUT2D eigenvalue weighted by Gasteiger charge is -2.40. The molecule has 110 valence electrons. The molecule has 2 unspecified atom stereocenters. The van der Waals surface area contributed by atoms with Gasteiger partial charge in [-0.25, -0.2) is 9.59 Å². The van der Waals surface area contributed by atoms with E-state index in [0.717, 1.165) is 19.3 Å². The van der Waals surface area contributed by atoms with Gasteiger partial charge in [-0.3, -0.25) is 0 Å². The highest BCUT2D eigenvalue weighted by atomic mass is 16.4. The highest BCUT2D eigenvalue weighted by molar-refractivity contribution is 5.83. The minimum atomic E-state index is -0.988. The van der Waals surface area contributed by atoms with Gasteiger partial charge in [0.1, 0.15) is 6.04 Å². The summed E-state index contributed by atoms with van der Waals surface area (Å²) in [4.78, 5) is 25.4. The summed E-state index contributed by atoms with van der Waals surface area (Å²) < 4.78 is 0. The van der Waals surface area contributed by atoms with E-state index in [1.54, 1.807) is 4.90 Å². The minimum Gasteiger partial charge on any atom is -0.480 e. The quantitative estimate of drug-likeness (QED) is 0.809. The van der Waals surface area contributed by atoms with Crippen LogP contribution in [0.15, 0.2) is 0 Å². The predicted molar refractivity (Wildman–Crippen MR) is 74.0 cm³/mol. The molecule has 1 aliphatic rings. The summed E-state index contributed by atoms with van der Waals surface area (Å²) in [5, 5.41) is 11.9. The molecule has 1 saturated heterocycles. The number of nitrogens with zero attached hydrogens (tertiary/aromatic N) is 1. The lowest BCUT2D eigenvalue weighted by atomic mass is 9.87. The third kappa shape index (κ3) is 3.85. The van der Waals surface area contributed by atoms with Gasteiger partial charge in [-0.05, 0) is 38.5 Å². The first-order valence-corrected chi connectivity index (χ1v) is 6.96. The lowest BCUT2D eigenvalue weighted by molar-refractivity contribution is -0.142. The lowest BCUT2D eigenvalue weighted by Crippen LogP contribution is -2.58. The molecular weight excluding hydrogens is 244 g/mol. The largest absolute Gasteiger partial charge is 0.480 e. The van der Waals surface area contributed by atoms with Crippen molar-refractivity contribution < 1.29 is 14.7 Å². The van der Waals surface area contributed by atoms with Crippen molar-refractivity contribution in [2.75, 3.05) is 0 Å². The molecule has 5 nitrogen and oxygen atoms in total. The Hall–Kier alpha value is -1.26. The minimum absolute atomic E-state index is 0.165. The van der Waals surface area contributed by atoms with Crippen molar-refractivity contribution in [2.45, 2.75) is 72.0 Å². The van der Waals surface area contributed by atoms with E-state index < -0.39 is 17.4 Å². The third-order valence-electron chi connectivity index (χ3n) is 3.81. The first kappa shape index (κ1) is 15.8. The van der Waals surface area contributed by atoms with Crippen LogP contribution in [0.5, 0.6) is 0 Å². The number of carboxylic acid groups (broad SMARTS) is 1. The van der Waals surface area contributed by atoms with Gasteiger partial charge < -0.3 is 15.3 Å². The number of urea groups is 1. The first-order valence-electron chi connectivity index (χ1n) is 6.96. The Kier molecular flexibility index (Phi) is 4.82. The third-order valence-corrected chi connectivity index (χ3v) is 3.81. The normalized spacial score (nSPS) is 25.8. The van der Waals surface area contributed by atoms with Crippen molar-refractivity contribution >= 4 is 12.0 Å². The molecule has 0 saturated carbocycles. The van der Waals surface area contributed by atoms with Gasteiger partial charge in [0.05, 0.1) is 0 Å². The molecule has 0 aromatic carbocycles. The van der Waals surface area contributed by atoms with Crippen LogP contribution in [0.1, 0.15) is 53.9 Å². The summed E-state index contributed by atoms with van der Waals surface area (Å²) in [5.41, 5.74) is -0.510. The summed E-state index contributed by atoms with van der Waals surface area (Å²) in [6, 6.07) is -0.806. The van der Waals surface area contributed by atoms with E-state index in [9.17, 15) is 14.7 Å². The van der Waals surface area contributed by atoms with E-state index in [1.165, 1.54) is 0 Å². The number of nitrogens with one attached hydrogen (secondary N) is 1. The summed E-state index contributed by atoms with van der Waals surface area (Å²) >= 11 is 0. The molecule has 0 spiro atoms. The SMILES string of the molecule is CC1CCCC(C)N1C(=O)N[C@H](C(=O)O)C(C)(C)C. The van der Waals surface area contributed by atoms with E-state index in [2.05, 4.69) is 5.32 Å². The molecule has 1 rings (SSSR count). The summed E-state index contributed by atoms with van der Waals surface area (Å²) in [7, 11) is 0. The van der Waals surface area contributed by atoms with Crippen LogP contribution < -0.4 is 5.32 Å². The van der Waals surface area contributed by atoms with Gasteiger partial charge in [0.25, 0.3) is 0 Å². The van der Waals surface area contributed by atoms with E-state index >= 15 is 0 Å². The predicted octanol–water partition coefficient (Wildman–Crippen LogP) is 2.46. The van der Waals surface area contributed by atoms with Crippen molar-refractivity contribution in [3.05, 3.63) is 0 Å². The average molecular weight is 270 g/mol. The molecule has 1 aliphatic heterocycles. The molecule has 2 N–H and O–H groups in total. The molecular formula is C14H26N2O3. The number of piperidine rings is 1. The van der Waals surface area contributed by atoms with Gasteiger partial charge in [0, 0.05) is 12.1 Å². The van der Waals surface area contributed by atoms with Crippen LogP contribution in [-0.2, 0) is 4.79 Å². The maximum atomic E-state index is 12.3. The molecule has 0 aliphatic carbocycles. The van der Waals surface area contributed by atoms with E-state index in [-0.39, 0.29) is 18.1 Å². The summed E-state index contributed by atoms with van der Waals surface area (Å²) in [5.74, 6) is -0.988. The van der Waals surface area contributed by atoms with Gasteiger partial charge in [-0.1, -0.05) is 20.8 Å². The van der Waals surface area contributed by atoms with Gasteiger partial charge in [-0.15, -0.1) is 0 Å². The Morgan fingerprint density at radius 2 is 1.68 bits per heavy atom. The summed E-state index contributed by atoms with van der Waals surface area (Å²) in [6.07, 6.45) is 3.07. The van der Waals surface area contributed by atoms with Gasteiger partial charge in [-0.2, -0.15) is 0 Å². The smallest absolute Gasteiger partial charge is 0.326 e. The number of amides is 2. The summed E-state index contributed by atoms with van der Waals surface area (Å²) in [6.45, 7) is 9.48. The Labute approximate surface area is 115 Å². The maximum absolute atomic E-state index is 12.3.